The van der Waals surface area contributed by atoms with E-state index in [1.807, 2.05) is 6.92 Å². The van der Waals surface area contributed by atoms with Crippen molar-refractivity contribution in [1.29, 1.82) is 0 Å². The molecule has 1 heterocycles. The van der Waals surface area contributed by atoms with Gasteiger partial charge in [-0.1, -0.05) is 18.6 Å². The number of ether oxygens (including phenoxy) is 1. The molecule has 26 heavy (non-hydrogen) atoms. The molecule has 1 saturated heterocycles. The summed E-state index contributed by atoms with van der Waals surface area (Å²) in [4.78, 5) is 23.7. The molecule has 2 rings (SSSR count). The van der Waals surface area contributed by atoms with E-state index in [4.69, 9.17) is 4.74 Å². The van der Waals surface area contributed by atoms with Crippen LogP contribution in [-0.4, -0.2) is 49.6 Å². The highest BCUT2D eigenvalue weighted by atomic mass is 32.2. The van der Waals surface area contributed by atoms with E-state index in [9.17, 15) is 23.1 Å². The molecule has 8 heteroatoms. The lowest BCUT2D eigenvalue weighted by Crippen LogP contribution is -2.45. The van der Waals surface area contributed by atoms with Gasteiger partial charge in [-0.2, -0.15) is 0 Å². The summed E-state index contributed by atoms with van der Waals surface area (Å²) in [5, 5.41) is 10.9. The molecule has 2 atom stereocenters. The van der Waals surface area contributed by atoms with E-state index in [2.05, 4.69) is 5.32 Å². The van der Waals surface area contributed by atoms with Crippen LogP contribution in [0.2, 0.25) is 0 Å². The van der Waals surface area contributed by atoms with Crippen LogP contribution >= 0.6 is 0 Å². The molecule has 7 nitrogen and oxygen atoms in total. The van der Waals surface area contributed by atoms with Crippen molar-refractivity contribution >= 4 is 21.7 Å². The molecule has 0 saturated carbocycles. The van der Waals surface area contributed by atoms with Crippen molar-refractivity contribution in [2.24, 2.45) is 5.92 Å². The molecule has 1 amide bonds. The minimum Gasteiger partial charge on any atom is -0.494 e. The topological polar surface area (TPSA) is 110 Å². The van der Waals surface area contributed by atoms with Gasteiger partial charge < -0.3 is 15.2 Å². The second-order valence-electron chi connectivity index (χ2n) is 6.41. The molecule has 1 aromatic rings. The predicted molar refractivity (Wildman–Crippen MR) is 96.9 cm³/mol. The molecule has 2 N–H and O–H groups in total. The molecule has 1 aliphatic heterocycles. The lowest BCUT2D eigenvalue weighted by molar-refractivity contribution is -0.141. The Balaban J connectivity index is 1.95. The SMILES string of the molecule is CCOc1ccc(CC(CNC(=O)C2CCCCS2(=O)=O)C(=O)O)cc1. The summed E-state index contributed by atoms with van der Waals surface area (Å²) in [6, 6.07) is 7.11. The maximum atomic E-state index is 12.2. The number of nitrogens with one attached hydrogen (secondary N) is 1. The second kappa shape index (κ2) is 9.02. The first-order valence-electron chi connectivity index (χ1n) is 8.77. The van der Waals surface area contributed by atoms with E-state index in [0.29, 0.717) is 31.6 Å². The zero-order valence-electron chi connectivity index (χ0n) is 14.8. The number of amides is 1. The summed E-state index contributed by atoms with van der Waals surface area (Å²) >= 11 is 0. The largest absolute Gasteiger partial charge is 0.494 e. The highest BCUT2D eigenvalue weighted by molar-refractivity contribution is 7.92. The first kappa shape index (κ1) is 20.2. The number of sulfone groups is 1. The minimum atomic E-state index is -3.43. The van der Waals surface area contributed by atoms with Crippen LogP contribution in [0.4, 0.5) is 0 Å². The maximum absolute atomic E-state index is 12.2. The fourth-order valence-electron chi connectivity index (χ4n) is 3.01. The highest BCUT2D eigenvalue weighted by Crippen LogP contribution is 2.20. The monoisotopic (exact) mass is 383 g/mol. The van der Waals surface area contributed by atoms with Crippen LogP contribution in [0.25, 0.3) is 0 Å². The summed E-state index contributed by atoms with van der Waals surface area (Å²) in [6.45, 7) is 2.32. The van der Waals surface area contributed by atoms with E-state index < -0.39 is 32.9 Å². The fourth-order valence-corrected chi connectivity index (χ4v) is 4.83. The van der Waals surface area contributed by atoms with Crippen molar-refractivity contribution in [2.45, 2.75) is 37.9 Å². The molecule has 0 aliphatic carbocycles. The quantitative estimate of drug-likeness (QED) is 0.702. The molecular weight excluding hydrogens is 358 g/mol. The Bertz CT molecular complexity index is 729. The van der Waals surface area contributed by atoms with Gasteiger partial charge in [0.1, 0.15) is 11.0 Å². The van der Waals surface area contributed by atoms with E-state index in [-0.39, 0.29) is 18.7 Å². The number of carboxylic acid groups (broad SMARTS) is 1. The van der Waals surface area contributed by atoms with Gasteiger partial charge in [-0.05, 0) is 43.9 Å². The Morgan fingerprint density at radius 3 is 2.54 bits per heavy atom. The number of hydrogen-bond donors (Lipinski definition) is 2. The maximum Gasteiger partial charge on any atom is 0.308 e. The fraction of sp³-hybridized carbons (Fsp3) is 0.556. The van der Waals surface area contributed by atoms with Crippen LogP contribution in [-0.2, 0) is 25.8 Å². The zero-order chi connectivity index (χ0) is 19.2. The van der Waals surface area contributed by atoms with Crippen LogP contribution < -0.4 is 10.1 Å². The van der Waals surface area contributed by atoms with Crippen LogP contribution in [0.5, 0.6) is 5.75 Å². The molecule has 1 aliphatic rings. The van der Waals surface area contributed by atoms with Gasteiger partial charge in [-0.15, -0.1) is 0 Å². The third-order valence-corrected chi connectivity index (χ3v) is 6.63. The molecule has 0 radical (unpaired) electrons. The van der Waals surface area contributed by atoms with Gasteiger partial charge in [0.25, 0.3) is 0 Å². The molecule has 2 unspecified atom stereocenters. The lowest BCUT2D eigenvalue weighted by atomic mass is 9.99. The van der Waals surface area contributed by atoms with Gasteiger partial charge in [0.15, 0.2) is 9.84 Å². The second-order valence-corrected chi connectivity index (χ2v) is 8.72. The number of hydrogen-bond acceptors (Lipinski definition) is 5. The smallest absolute Gasteiger partial charge is 0.308 e. The Kier molecular flexibility index (Phi) is 7.02. The van der Waals surface area contributed by atoms with Crippen molar-refractivity contribution in [3.05, 3.63) is 29.8 Å². The minimum absolute atomic E-state index is 0.0135. The van der Waals surface area contributed by atoms with Crippen molar-refractivity contribution in [2.75, 3.05) is 18.9 Å². The number of rotatable bonds is 8. The first-order valence-corrected chi connectivity index (χ1v) is 10.5. The predicted octanol–water partition coefficient (Wildman–Crippen LogP) is 1.41. The van der Waals surface area contributed by atoms with Crippen LogP contribution in [0.1, 0.15) is 31.7 Å². The average molecular weight is 383 g/mol. The first-order chi connectivity index (χ1) is 12.3. The molecule has 0 bridgehead atoms. The number of benzene rings is 1. The summed E-state index contributed by atoms with van der Waals surface area (Å²) in [7, 11) is -3.43. The van der Waals surface area contributed by atoms with E-state index >= 15 is 0 Å². The number of carbonyl (C=O) groups is 2. The van der Waals surface area contributed by atoms with Gasteiger partial charge in [0, 0.05) is 6.54 Å². The van der Waals surface area contributed by atoms with Crippen molar-refractivity contribution < 1.29 is 27.9 Å². The standard InChI is InChI=1S/C18H25NO6S/c1-2-25-15-8-6-13(7-9-15)11-14(18(21)22)12-19-17(20)16-5-3-4-10-26(16,23)24/h6-9,14,16H,2-5,10-12H2,1H3,(H,19,20)(H,21,22). The number of aliphatic carboxylic acids is 1. The van der Waals surface area contributed by atoms with Gasteiger partial charge in [0.05, 0.1) is 18.3 Å². The lowest BCUT2D eigenvalue weighted by Gasteiger charge is -2.22. The van der Waals surface area contributed by atoms with E-state index in [1.165, 1.54) is 0 Å². The van der Waals surface area contributed by atoms with Gasteiger partial charge in [-0.3, -0.25) is 9.59 Å². The number of carboxylic acids is 1. The van der Waals surface area contributed by atoms with Gasteiger partial charge in [-0.25, -0.2) is 8.42 Å². The molecule has 0 aromatic heterocycles. The van der Waals surface area contributed by atoms with E-state index in [1.54, 1.807) is 24.3 Å². The van der Waals surface area contributed by atoms with Crippen LogP contribution in [0, 0.1) is 5.92 Å². The summed E-state index contributed by atoms with van der Waals surface area (Å²) in [5.41, 5.74) is 0.806. The number of carbonyl (C=O) groups excluding carboxylic acids is 1. The summed E-state index contributed by atoms with van der Waals surface area (Å²) in [5.74, 6) is -1.74. The zero-order valence-corrected chi connectivity index (χ0v) is 15.6. The molecular formula is C18H25NO6S. The third-order valence-electron chi connectivity index (χ3n) is 4.46. The van der Waals surface area contributed by atoms with Gasteiger partial charge in [0.2, 0.25) is 5.91 Å². The normalized spacial score (nSPS) is 20.1. The highest BCUT2D eigenvalue weighted by Gasteiger charge is 2.35. The molecule has 1 aromatic carbocycles. The van der Waals surface area contributed by atoms with Crippen LogP contribution in [0.3, 0.4) is 0 Å². The third kappa shape index (κ3) is 5.45. The van der Waals surface area contributed by atoms with E-state index in [0.717, 1.165) is 5.56 Å². The van der Waals surface area contributed by atoms with Crippen molar-refractivity contribution in [3.63, 3.8) is 0 Å². The van der Waals surface area contributed by atoms with Gasteiger partial charge >= 0.3 is 5.97 Å². The Morgan fingerprint density at radius 1 is 1.27 bits per heavy atom. The summed E-state index contributed by atoms with van der Waals surface area (Å²) in [6.07, 6.45) is 1.79. The summed E-state index contributed by atoms with van der Waals surface area (Å²) < 4.78 is 29.3. The van der Waals surface area contributed by atoms with Crippen molar-refractivity contribution in [1.82, 2.24) is 5.32 Å². The Hall–Kier alpha value is -2.09. The molecule has 0 spiro atoms. The van der Waals surface area contributed by atoms with Crippen molar-refractivity contribution in [3.8, 4) is 5.75 Å². The Labute approximate surface area is 153 Å². The molecule has 144 valence electrons. The molecule has 1 fully saturated rings. The average Bonchev–Trinajstić information content (AvgIpc) is 2.59. The Morgan fingerprint density at radius 2 is 1.96 bits per heavy atom. The van der Waals surface area contributed by atoms with Crippen LogP contribution in [0.15, 0.2) is 24.3 Å².